The van der Waals surface area contributed by atoms with Crippen LogP contribution in [-0.2, 0) is 6.18 Å². The van der Waals surface area contributed by atoms with Gasteiger partial charge in [0.2, 0.25) is 0 Å². The van der Waals surface area contributed by atoms with Crippen molar-refractivity contribution in [3.8, 4) is 11.5 Å². The minimum absolute atomic E-state index is 0.0272. The zero-order valence-corrected chi connectivity index (χ0v) is 10.5. The molecule has 0 unspecified atom stereocenters. The molecule has 2 rings (SSSR count). The summed E-state index contributed by atoms with van der Waals surface area (Å²) in [4.78, 5) is 0. The van der Waals surface area contributed by atoms with Crippen LogP contribution in [0.15, 0.2) is 36.4 Å². The van der Waals surface area contributed by atoms with Crippen LogP contribution in [0.5, 0.6) is 11.5 Å². The number of anilines is 1. The Kier molecular flexibility index (Phi) is 3.57. The van der Waals surface area contributed by atoms with Crippen molar-refractivity contribution in [1.29, 1.82) is 0 Å². The Bertz CT molecular complexity index is 638. The van der Waals surface area contributed by atoms with Crippen LogP contribution in [0, 0.1) is 12.7 Å². The van der Waals surface area contributed by atoms with Crippen LogP contribution in [-0.4, -0.2) is 0 Å². The van der Waals surface area contributed by atoms with Crippen molar-refractivity contribution in [2.75, 3.05) is 5.73 Å². The Labute approximate surface area is 112 Å². The Morgan fingerprint density at radius 2 is 1.70 bits per heavy atom. The molecule has 0 heterocycles. The Morgan fingerprint density at radius 1 is 1.00 bits per heavy atom. The topological polar surface area (TPSA) is 35.2 Å². The predicted molar refractivity (Wildman–Crippen MR) is 67.1 cm³/mol. The van der Waals surface area contributed by atoms with Crippen LogP contribution in [0.25, 0.3) is 0 Å². The van der Waals surface area contributed by atoms with E-state index in [1.165, 1.54) is 18.2 Å². The van der Waals surface area contributed by atoms with Crippen molar-refractivity contribution in [3.63, 3.8) is 0 Å². The molecule has 0 aliphatic heterocycles. The van der Waals surface area contributed by atoms with E-state index in [2.05, 4.69) is 0 Å². The average molecular weight is 285 g/mol. The van der Waals surface area contributed by atoms with Gasteiger partial charge in [-0.25, -0.2) is 4.39 Å². The van der Waals surface area contributed by atoms with Crippen molar-refractivity contribution < 1.29 is 22.3 Å². The third-order valence-corrected chi connectivity index (χ3v) is 2.68. The molecule has 0 aromatic heterocycles. The molecule has 6 heteroatoms. The number of hydrogen-bond acceptors (Lipinski definition) is 2. The molecular formula is C14H11F4NO. The summed E-state index contributed by atoms with van der Waals surface area (Å²) >= 11 is 0. The maximum atomic E-state index is 13.1. The second kappa shape index (κ2) is 5.03. The van der Waals surface area contributed by atoms with Gasteiger partial charge < -0.3 is 10.5 Å². The number of aryl methyl sites for hydroxylation is 1. The minimum Gasteiger partial charge on any atom is -0.456 e. The van der Waals surface area contributed by atoms with Crippen molar-refractivity contribution in [3.05, 3.63) is 53.3 Å². The maximum Gasteiger partial charge on any atom is 0.420 e. The third kappa shape index (κ3) is 3.01. The molecule has 0 fully saturated rings. The smallest absolute Gasteiger partial charge is 0.420 e. The summed E-state index contributed by atoms with van der Waals surface area (Å²) in [5.41, 5.74) is 4.85. The maximum absolute atomic E-state index is 13.1. The van der Waals surface area contributed by atoms with Gasteiger partial charge in [0.25, 0.3) is 0 Å². The van der Waals surface area contributed by atoms with E-state index in [0.29, 0.717) is 5.56 Å². The summed E-state index contributed by atoms with van der Waals surface area (Å²) in [5, 5.41) is 0. The molecule has 0 atom stereocenters. The lowest BCUT2D eigenvalue weighted by atomic mass is 10.1. The molecule has 0 aliphatic carbocycles. The van der Waals surface area contributed by atoms with E-state index >= 15 is 0 Å². The minimum atomic E-state index is -4.61. The first-order valence-corrected chi connectivity index (χ1v) is 5.68. The normalized spacial score (nSPS) is 11.4. The van der Waals surface area contributed by atoms with Gasteiger partial charge in [-0.15, -0.1) is 0 Å². The highest BCUT2D eigenvalue weighted by atomic mass is 19.4. The number of nitrogen functional groups attached to an aromatic ring is 1. The van der Waals surface area contributed by atoms with Crippen molar-refractivity contribution >= 4 is 5.69 Å². The monoisotopic (exact) mass is 285 g/mol. The molecule has 2 N–H and O–H groups in total. The SMILES string of the molecule is Cc1ccc(F)cc1Oc1ccc(N)cc1C(F)(F)F. The highest BCUT2D eigenvalue weighted by Gasteiger charge is 2.34. The van der Waals surface area contributed by atoms with Crippen molar-refractivity contribution in [2.24, 2.45) is 0 Å². The van der Waals surface area contributed by atoms with Gasteiger partial charge in [-0.2, -0.15) is 13.2 Å². The van der Waals surface area contributed by atoms with Gasteiger partial charge in [0.1, 0.15) is 22.9 Å². The number of hydrogen-bond donors (Lipinski definition) is 1. The summed E-state index contributed by atoms with van der Waals surface area (Å²) < 4.78 is 57.0. The molecule has 20 heavy (non-hydrogen) atoms. The molecule has 0 bridgehead atoms. The molecule has 106 valence electrons. The molecule has 0 radical (unpaired) electrons. The van der Waals surface area contributed by atoms with Crippen LogP contribution < -0.4 is 10.5 Å². The Balaban J connectivity index is 2.46. The standard InChI is InChI=1S/C14H11F4NO/c1-8-2-3-9(15)6-13(8)20-12-5-4-10(19)7-11(12)14(16,17)18/h2-7H,19H2,1H3. The van der Waals surface area contributed by atoms with Crippen LogP contribution in [0.2, 0.25) is 0 Å². The van der Waals surface area contributed by atoms with E-state index in [-0.39, 0.29) is 11.4 Å². The molecular weight excluding hydrogens is 274 g/mol. The first-order chi connectivity index (χ1) is 9.27. The Morgan fingerprint density at radius 3 is 2.35 bits per heavy atom. The molecule has 0 aliphatic rings. The number of nitrogens with two attached hydrogens (primary N) is 1. The van der Waals surface area contributed by atoms with Gasteiger partial charge in [-0.3, -0.25) is 0 Å². The summed E-state index contributed by atoms with van der Waals surface area (Å²) in [7, 11) is 0. The zero-order chi connectivity index (χ0) is 14.9. The van der Waals surface area contributed by atoms with Gasteiger partial charge >= 0.3 is 6.18 Å². The van der Waals surface area contributed by atoms with E-state index in [4.69, 9.17) is 10.5 Å². The van der Waals surface area contributed by atoms with E-state index in [1.54, 1.807) is 6.92 Å². The quantitative estimate of drug-likeness (QED) is 0.650. The third-order valence-electron chi connectivity index (χ3n) is 2.68. The lowest BCUT2D eigenvalue weighted by Gasteiger charge is -2.15. The fraction of sp³-hybridized carbons (Fsp3) is 0.143. The zero-order valence-electron chi connectivity index (χ0n) is 10.5. The summed E-state index contributed by atoms with van der Waals surface area (Å²) in [6.07, 6.45) is -4.61. The number of alkyl halides is 3. The molecule has 0 saturated carbocycles. The molecule has 2 aromatic rings. The van der Waals surface area contributed by atoms with Crippen LogP contribution >= 0.6 is 0 Å². The van der Waals surface area contributed by atoms with Gasteiger partial charge in [0, 0.05) is 11.8 Å². The summed E-state index contributed by atoms with van der Waals surface area (Å²) in [5.74, 6) is -0.977. The largest absolute Gasteiger partial charge is 0.456 e. The van der Waals surface area contributed by atoms with Gasteiger partial charge in [-0.05, 0) is 36.8 Å². The van der Waals surface area contributed by atoms with Crippen molar-refractivity contribution in [2.45, 2.75) is 13.1 Å². The average Bonchev–Trinajstić information content (AvgIpc) is 2.34. The highest BCUT2D eigenvalue weighted by Crippen LogP contribution is 2.39. The predicted octanol–water partition coefficient (Wildman–Crippen LogP) is 4.53. The number of rotatable bonds is 2. The molecule has 0 spiro atoms. The van der Waals surface area contributed by atoms with Crippen LogP contribution in [0.4, 0.5) is 23.2 Å². The highest BCUT2D eigenvalue weighted by molar-refractivity contribution is 5.51. The van der Waals surface area contributed by atoms with Gasteiger partial charge in [0.05, 0.1) is 0 Å². The molecule has 0 amide bonds. The first-order valence-electron chi connectivity index (χ1n) is 5.68. The number of benzene rings is 2. The van der Waals surface area contributed by atoms with E-state index in [0.717, 1.165) is 18.2 Å². The number of halogens is 4. The molecule has 0 saturated heterocycles. The second-order valence-electron chi connectivity index (χ2n) is 4.27. The Hall–Kier alpha value is -2.24. The fourth-order valence-corrected chi connectivity index (χ4v) is 1.66. The second-order valence-corrected chi connectivity index (χ2v) is 4.27. The van der Waals surface area contributed by atoms with E-state index in [1.807, 2.05) is 0 Å². The molecule has 2 aromatic carbocycles. The van der Waals surface area contributed by atoms with Gasteiger partial charge in [-0.1, -0.05) is 6.07 Å². The first kappa shape index (κ1) is 14.2. The van der Waals surface area contributed by atoms with Crippen LogP contribution in [0.1, 0.15) is 11.1 Å². The van der Waals surface area contributed by atoms with E-state index < -0.39 is 23.3 Å². The molecule has 2 nitrogen and oxygen atoms in total. The lowest BCUT2D eigenvalue weighted by molar-refractivity contribution is -0.138. The van der Waals surface area contributed by atoms with Crippen LogP contribution in [0.3, 0.4) is 0 Å². The van der Waals surface area contributed by atoms with Gasteiger partial charge in [0.15, 0.2) is 0 Å². The fourth-order valence-electron chi connectivity index (χ4n) is 1.66. The summed E-state index contributed by atoms with van der Waals surface area (Å²) in [6.45, 7) is 1.61. The van der Waals surface area contributed by atoms with E-state index in [9.17, 15) is 17.6 Å². The number of ether oxygens (including phenoxy) is 1. The lowest BCUT2D eigenvalue weighted by Crippen LogP contribution is -2.08. The summed E-state index contributed by atoms with van der Waals surface area (Å²) in [6, 6.07) is 6.85. The van der Waals surface area contributed by atoms with Crippen molar-refractivity contribution in [1.82, 2.24) is 0 Å².